The molecule has 3 aliphatic carbocycles. The molecule has 0 spiro atoms. The molecule has 0 unspecified atom stereocenters. The summed E-state index contributed by atoms with van der Waals surface area (Å²) < 4.78 is 6.32. The van der Waals surface area contributed by atoms with Gasteiger partial charge in [0.1, 0.15) is 0 Å². The van der Waals surface area contributed by atoms with Crippen LogP contribution in [0, 0.1) is 5.41 Å². The average Bonchev–Trinajstić information content (AvgIpc) is 3.00. The number of methoxy groups -OCH3 is 1. The SMILES string of the molecule is COC(=O)C12CCC(c3nc4ccccc4s3)(CC1)CC2. The lowest BCUT2D eigenvalue weighted by molar-refractivity contribution is -0.160. The van der Waals surface area contributed by atoms with Gasteiger partial charge in [0.25, 0.3) is 0 Å². The second-order valence-electron chi connectivity index (χ2n) is 6.54. The first-order valence-corrected chi connectivity index (χ1v) is 8.44. The minimum Gasteiger partial charge on any atom is -0.469 e. The number of para-hydroxylation sites is 1. The highest BCUT2D eigenvalue weighted by molar-refractivity contribution is 7.18. The monoisotopic (exact) mass is 301 g/mol. The summed E-state index contributed by atoms with van der Waals surface area (Å²) in [6, 6.07) is 8.37. The quantitative estimate of drug-likeness (QED) is 0.785. The zero-order valence-corrected chi connectivity index (χ0v) is 13.0. The molecule has 4 heteroatoms. The van der Waals surface area contributed by atoms with Crippen LogP contribution in [0.2, 0.25) is 0 Å². The van der Waals surface area contributed by atoms with Crippen LogP contribution in [-0.4, -0.2) is 18.1 Å². The van der Waals surface area contributed by atoms with Crippen LogP contribution in [0.25, 0.3) is 10.2 Å². The molecule has 2 bridgehead atoms. The van der Waals surface area contributed by atoms with Gasteiger partial charge < -0.3 is 4.74 Å². The van der Waals surface area contributed by atoms with E-state index >= 15 is 0 Å². The van der Waals surface area contributed by atoms with Gasteiger partial charge in [0.05, 0.1) is 27.7 Å². The van der Waals surface area contributed by atoms with Gasteiger partial charge >= 0.3 is 5.97 Å². The second-order valence-corrected chi connectivity index (χ2v) is 7.57. The van der Waals surface area contributed by atoms with Gasteiger partial charge in [-0.15, -0.1) is 11.3 Å². The second kappa shape index (κ2) is 4.54. The van der Waals surface area contributed by atoms with Gasteiger partial charge in [-0.05, 0) is 50.7 Å². The fourth-order valence-electron chi connectivity index (χ4n) is 4.13. The van der Waals surface area contributed by atoms with E-state index in [0.29, 0.717) is 0 Å². The number of ether oxygens (including phenoxy) is 1. The van der Waals surface area contributed by atoms with Gasteiger partial charge in [0, 0.05) is 5.41 Å². The molecule has 0 amide bonds. The van der Waals surface area contributed by atoms with E-state index in [9.17, 15) is 4.79 Å². The highest BCUT2D eigenvalue weighted by atomic mass is 32.1. The minimum absolute atomic E-state index is 0.0000925. The van der Waals surface area contributed by atoms with Crippen molar-refractivity contribution in [2.75, 3.05) is 7.11 Å². The molecule has 110 valence electrons. The maximum atomic E-state index is 12.1. The van der Waals surface area contributed by atoms with Crippen LogP contribution >= 0.6 is 11.3 Å². The lowest BCUT2D eigenvalue weighted by Gasteiger charge is -2.50. The van der Waals surface area contributed by atoms with Gasteiger partial charge in [-0.25, -0.2) is 4.98 Å². The summed E-state index contributed by atoms with van der Waals surface area (Å²) in [4.78, 5) is 17.0. The Balaban J connectivity index is 1.67. The molecule has 21 heavy (non-hydrogen) atoms. The molecule has 0 saturated heterocycles. The third-order valence-corrected chi connectivity index (χ3v) is 6.90. The van der Waals surface area contributed by atoms with E-state index < -0.39 is 0 Å². The van der Waals surface area contributed by atoms with Crippen molar-refractivity contribution >= 4 is 27.5 Å². The highest BCUT2D eigenvalue weighted by Gasteiger charge is 2.54. The van der Waals surface area contributed by atoms with Crippen molar-refractivity contribution in [2.24, 2.45) is 5.41 Å². The Morgan fingerprint density at radius 1 is 1.14 bits per heavy atom. The number of hydrogen-bond donors (Lipinski definition) is 0. The van der Waals surface area contributed by atoms with Crippen molar-refractivity contribution < 1.29 is 9.53 Å². The fraction of sp³-hybridized carbons (Fsp3) is 0.529. The van der Waals surface area contributed by atoms with E-state index in [0.717, 1.165) is 44.0 Å². The number of thiazole rings is 1. The van der Waals surface area contributed by atoms with Crippen molar-refractivity contribution in [1.82, 2.24) is 4.98 Å². The Morgan fingerprint density at radius 3 is 2.43 bits per heavy atom. The third-order valence-electron chi connectivity index (χ3n) is 5.61. The number of carbonyl (C=O) groups excluding carboxylic acids is 1. The largest absolute Gasteiger partial charge is 0.469 e. The molecule has 3 nitrogen and oxygen atoms in total. The third kappa shape index (κ3) is 1.85. The van der Waals surface area contributed by atoms with Crippen LogP contribution in [-0.2, 0) is 14.9 Å². The molecule has 3 fully saturated rings. The van der Waals surface area contributed by atoms with Crippen molar-refractivity contribution in [3.8, 4) is 0 Å². The Labute approximate surface area is 128 Å². The Morgan fingerprint density at radius 2 is 1.81 bits per heavy atom. The smallest absolute Gasteiger partial charge is 0.311 e. The van der Waals surface area contributed by atoms with Gasteiger partial charge in [-0.2, -0.15) is 0 Å². The van der Waals surface area contributed by atoms with Crippen LogP contribution in [0.3, 0.4) is 0 Å². The van der Waals surface area contributed by atoms with Crippen LogP contribution in [0.5, 0.6) is 0 Å². The summed E-state index contributed by atoms with van der Waals surface area (Å²) in [5.74, 6) is 0.0000925. The number of nitrogens with zero attached hydrogens (tertiary/aromatic N) is 1. The number of benzene rings is 1. The Bertz CT molecular complexity index is 648. The topological polar surface area (TPSA) is 39.2 Å². The number of hydrogen-bond acceptors (Lipinski definition) is 4. The van der Waals surface area contributed by atoms with Gasteiger partial charge in [0.2, 0.25) is 0 Å². The first kappa shape index (κ1) is 13.3. The fourth-order valence-corrected chi connectivity index (χ4v) is 5.37. The molecular weight excluding hydrogens is 282 g/mol. The molecule has 5 rings (SSSR count). The molecule has 0 aliphatic heterocycles. The number of aromatic nitrogens is 1. The maximum absolute atomic E-state index is 12.1. The number of rotatable bonds is 2. The molecule has 1 heterocycles. The number of fused-ring (bicyclic) bond motifs is 4. The minimum atomic E-state index is -0.201. The van der Waals surface area contributed by atoms with E-state index in [2.05, 4.69) is 18.2 Å². The summed E-state index contributed by atoms with van der Waals surface area (Å²) in [5.41, 5.74) is 1.12. The summed E-state index contributed by atoms with van der Waals surface area (Å²) in [5, 5.41) is 1.28. The van der Waals surface area contributed by atoms with E-state index in [1.54, 1.807) is 0 Å². The number of carbonyl (C=O) groups is 1. The molecule has 2 aromatic rings. The van der Waals surface area contributed by atoms with Gasteiger partial charge in [-0.3, -0.25) is 4.79 Å². The Hall–Kier alpha value is -1.42. The van der Waals surface area contributed by atoms with E-state index in [1.807, 2.05) is 17.4 Å². The standard InChI is InChI=1S/C17H19NO2S/c1-20-15(19)17-9-6-16(7-10-17,8-11-17)14-18-12-4-2-3-5-13(12)21-14/h2-5H,6-11H2,1H3. The van der Waals surface area contributed by atoms with Crippen LogP contribution in [0.15, 0.2) is 24.3 Å². The summed E-state index contributed by atoms with van der Waals surface area (Å²) >= 11 is 1.84. The normalized spacial score (nSPS) is 31.5. The summed E-state index contributed by atoms with van der Waals surface area (Å²) in [7, 11) is 1.51. The van der Waals surface area contributed by atoms with Gasteiger partial charge in [-0.1, -0.05) is 12.1 Å². The zero-order chi connectivity index (χ0) is 14.5. The maximum Gasteiger partial charge on any atom is 0.311 e. The Kier molecular flexibility index (Phi) is 2.86. The molecule has 0 atom stereocenters. The lowest BCUT2D eigenvalue weighted by Crippen LogP contribution is -2.48. The molecule has 3 aliphatic rings. The highest BCUT2D eigenvalue weighted by Crippen LogP contribution is 2.58. The molecule has 0 N–H and O–H groups in total. The predicted octanol–water partition coefficient (Wildman–Crippen LogP) is 4.06. The van der Waals surface area contributed by atoms with E-state index in [-0.39, 0.29) is 16.8 Å². The molecule has 0 radical (unpaired) electrons. The molecule has 3 saturated carbocycles. The molecule has 1 aromatic carbocycles. The summed E-state index contributed by atoms with van der Waals surface area (Å²) in [6.45, 7) is 0. The lowest BCUT2D eigenvalue weighted by atomic mass is 9.54. The molecule has 1 aromatic heterocycles. The average molecular weight is 301 g/mol. The summed E-state index contributed by atoms with van der Waals surface area (Å²) in [6.07, 6.45) is 6.08. The van der Waals surface area contributed by atoms with Crippen molar-refractivity contribution in [3.05, 3.63) is 29.3 Å². The van der Waals surface area contributed by atoms with Crippen LogP contribution in [0.4, 0.5) is 0 Å². The van der Waals surface area contributed by atoms with Crippen LogP contribution < -0.4 is 0 Å². The first-order valence-electron chi connectivity index (χ1n) is 7.62. The van der Waals surface area contributed by atoms with E-state index in [4.69, 9.17) is 9.72 Å². The van der Waals surface area contributed by atoms with E-state index in [1.165, 1.54) is 16.8 Å². The van der Waals surface area contributed by atoms with Gasteiger partial charge in [0.15, 0.2) is 0 Å². The van der Waals surface area contributed by atoms with Crippen molar-refractivity contribution in [1.29, 1.82) is 0 Å². The predicted molar refractivity (Wildman–Crippen MR) is 83.4 cm³/mol. The van der Waals surface area contributed by atoms with Crippen LogP contribution in [0.1, 0.15) is 43.5 Å². The van der Waals surface area contributed by atoms with Crippen molar-refractivity contribution in [3.63, 3.8) is 0 Å². The zero-order valence-electron chi connectivity index (χ0n) is 12.2. The number of esters is 1. The van der Waals surface area contributed by atoms with Crippen molar-refractivity contribution in [2.45, 2.75) is 43.9 Å². The first-order chi connectivity index (χ1) is 10.2. The molecular formula is C17H19NO2S.